The summed E-state index contributed by atoms with van der Waals surface area (Å²) >= 11 is 5.56. The minimum Gasteiger partial charge on any atom is -0.480 e. The van der Waals surface area contributed by atoms with Crippen molar-refractivity contribution in [3.63, 3.8) is 0 Å². The Labute approximate surface area is 118 Å². The molecule has 0 saturated heterocycles. The average Bonchev–Trinajstić information content (AvgIpc) is 2.41. The Morgan fingerprint density at radius 2 is 2.20 bits per heavy atom. The molecule has 0 aliphatic rings. The molecule has 0 bridgehead atoms. The normalized spacial score (nSPS) is 10.6. The number of hydrogen-bond donors (Lipinski definition) is 3. The molecule has 1 rings (SSSR count). The summed E-state index contributed by atoms with van der Waals surface area (Å²) in [5.74, 6) is -2.66. The third kappa shape index (κ3) is 4.59. The lowest BCUT2D eigenvalue weighted by Gasteiger charge is -2.04. The van der Waals surface area contributed by atoms with Gasteiger partial charge in [0.05, 0.1) is 5.02 Å². The minimum atomic E-state index is -1.23. The van der Waals surface area contributed by atoms with Gasteiger partial charge in [-0.1, -0.05) is 11.6 Å². The maximum atomic E-state index is 12.9. The van der Waals surface area contributed by atoms with E-state index in [2.05, 4.69) is 5.32 Å². The van der Waals surface area contributed by atoms with Crippen molar-refractivity contribution < 1.29 is 19.1 Å². The highest BCUT2D eigenvalue weighted by molar-refractivity contribution is 6.31. The zero-order chi connectivity index (χ0) is 15.1. The number of halogens is 2. The number of amides is 1. The first-order valence-electron chi connectivity index (χ1n) is 5.26. The van der Waals surface area contributed by atoms with Crippen LogP contribution in [0.2, 0.25) is 5.02 Å². The van der Waals surface area contributed by atoms with Gasteiger partial charge in [0.25, 0.3) is 5.91 Å². The van der Waals surface area contributed by atoms with Gasteiger partial charge in [-0.2, -0.15) is 5.26 Å². The number of carboxylic acids is 1. The Hall–Kier alpha value is -2.59. The van der Waals surface area contributed by atoms with E-state index in [0.717, 1.165) is 12.3 Å². The quantitative estimate of drug-likeness (QED) is 0.564. The Balaban J connectivity index is 2.75. The van der Waals surface area contributed by atoms with Crippen LogP contribution in [0.3, 0.4) is 0 Å². The van der Waals surface area contributed by atoms with Gasteiger partial charge in [0.2, 0.25) is 0 Å². The first-order chi connectivity index (χ1) is 9.43. The molecule has 20 heavy (non-hydrogen) atoms. The second kappa shape index (κ2) is 7.11. The van der Waals surface area contributed by atoms with Crippen LogP contribution in [0.25, 0.3) is 0 Å². The number of rotatable bonds is 5. The fourth-order valence-corrected chi connectivity index (χ4v) is 1.32. The highest BCUT2D eigenvalue weighted by Crippen LogP contribution is 2.19. The summed E-state index contributed by atoms with van der Waals surface area (Å²) in [7, 11) is 0. The van der Waals surface area contributed by atoms with Crippen LogP contribution < -0.4 is 10.6 Å². The van der Waals surface area contributed by atoms with Crippen molar-refractivity contribution in [1.82, 2.24) is 5.32 Å². The van der Waals surface area contributed by atoms with E-state index in [9.17, 15) is 14.0 Å². The van der Waals surface area contributed by atoms with Gasteiger partial charge in [-0.15, -0.1) is 0 Å². The van der Waals surface area contributed by atoms with Gasteiger partial charge in [-0.05, 0) is 18.2 Å². The summed E-state index contributed by atoms with van der Waals surface area (Å²) in [6.45, 7) is -0.597. The number of nitrogens with one attached hydrogen (secondary N) is 2. The van der Waals surface area contributed by atoms with Crippen LogP contribution in [0, 0.1) is 17.1 Å². The summed E-state index contributed by atoms with van der Waals surface area (Å²) in [6.07, 6.45) is 1.07. The van der Waals surface area contributed by atoms with E-state index in [0.29, 0.717) is 5.69 Å². The molecule has 0 aromatic heterocycles. The van der Waals surface area contributed by atoms with E-state index in [-0.39, 0.29) is 10.6 Å². The number of benzene rings is 1. The van der Waals surface area contributed by atoms with Gasteiger partial charge in [0.1, 0.15) is 24.0 Å². The summed E-state index contributed by atoms with van der Waals surface area (Å²) in [5, 5.41) is 21.7. The second-order valence-corrected chi connectivity index (χ2v) is 3.93. The van der Waals surface area contributed by atoms with Crippen LogP contribution in [-0.2, 0) is 9.59 Å². The lowest BCUT2D eigenvalue weighted by atomic mass is 10.2. The second-order valence-electron chi connectivity index (χ2n) is 3.52. The van der Waals surface area contributed by atoms with Crippen molar-refractivity contribution >= 4 is 29.2 Å². The number of anilines is 1. The van der Waals surface area contributed by atoms with Crippen LogP contribution in [-0.4, -0.2) is 23.5 Å². The van der Waals surface area contributed by atoms with Crippen molar-refractivity contribution in [2.24, 2.45) is 0 Å². The molecule has 3 N–H and O–H groups in total. The zero-order valence-corrected chi connectivity index (χ0v) is 10.7. The Morgan fingerprint density at radius 1 is 1.50 bits per heavy atom. The van der Waals surface area contributed by atoms with Crippen molar-refractivity contribution in [1.29, 1.82) is 5.26 Å². The highest BCUT2D eigenvalue weighted by atomic mass is 35.5. The van der Waals surface area contributed by atoms with Crippen molar-refractivity contribution in [3.8, 4) is 6.07 Å². The lowest BCUT2D eigenvalue weighted by Crippen LogP contribution is -2.30. The van der Waals surface area contributed by atoms with E-state index < -0.39 is 24.2 Å². The fraction of sp³-hybridized carbons (Fsp3) is 0.0833. The van der Waals surface area contributed by atoms with Crippen LogP contribution in [0.1, 0.15) is 0 Å². The number of nitrogens with zero attached hydrogens (tertiary/aromatic N) is 1. The van der Waals surface area contributed by atoms with Gasteiger partial charge in [0.15, 0.2) is 0 Å². The molecule has 0 radical (unpaired) electrons. The number of nitriles is 1. The maximum absolute atomic E-state index is 12.9. The molecule has 1 aromatic rings. The molecule has 0 unspecified atom stereocenters. The molecule has 0 spiro atoms. The Morgan fingerprint density at radius 3 is 2.75 bits per heavy atom. The average molecular weight is 298 g/mol. The molecule has 0 aliphatic carbocycles. The number of carboxylic acid groups (broad SMARTS) is 1. The standard InChI is InChI=1S/C12H9ClFN3O3/c13-9-3-8(1-2-10(9)14)16-5-7(4-15)12(20)17-6-11(18)19/h1-3,5,16H,6H2,(H,17,20)(H,18,19)/b7-5-. The van der Waals surface area contributed by atoms with E-state index in [4.69, 9.17) is 22.0 Å². The minimum absolute atomic E-state index is 0.114. The molecule has 6 nitrogen and oxygen atoms in total. The molecular weight excluding hydrogens is 289 g/mol. The smallest absolute Gasteiger partial charge is 0.322 e. The molecule has 0 aliphatic heterocycles. The molecule has 0 heterocycles. The van der Waals surface area contributed by atoms with Crippen molar-refractivity contribution in [2.75, 3.05) is 11.9 Å². The molecule has 104 valence electrons. The third-order valence-corrected chi connectivity index (χ3v) is 2.36. The summed E-state index contributed by atoms with van der Waals surface area (Å²) in [6, 6.07) is 5.37. The first-order valence-corrected chi connectivity index (χ1v) is 5.63. The topological polar surface area (TPSA) is 102 Å². The molecular formula is C12H9ClFN3O3. The molecule has 0 atom stereocenters. The van der Waals surface area contributed by atoms with Crippen LogP contribution in [0.4, 0.5) is 10.1 Å². The zero-order valence-electron chi connectivity index (χ0n) is 9.98. The first kappa shape index (κ1) is 15.5. The number of carbonyl (C=O) groups excluding carboxylic acids is 1. The maximum Gasteiger partial charge on any atom is 0.322 e. The van der Waals surface area contributed by atoms with Crippen LogP contribution >= 0.6 is 11.6 Å². The molecule has 8 heteroatoms. The predicted molar refractivity (Wildman–Crippen MR) is 69.4 cm³/mol. The summed E-state index contributed by atoms with van der Waals surface area (Å²) in [4.78, 5) is 21.7. The lowest BCUT2D eigenvalue weighted by molar-refractivity contribution is -0.137. The molecule has 1 amide bonds. The third-order valence-electron chi connectivity index (χ3n) is 2.07. The van der Waals surface area contributed by atoms with Crippen LogP contribution in [0.5, 0.6) is 0 Å². The molecule has 1 aromatic carbocycles. The highest BCUT2D eigenvalue weighted by Gasteiger charge is 2.10. The molecule has 0 fully saturated rings. The fourth-order valence-electron chi connectivity index (χ4n) is 1.14. The predicted octanol–water partition coefficient (Wildman–Crippen LogP) is 1.50. The van der Waals surface area contributed by atoms with Crippen molar-refractivity contribution in [2.45, 2.75) is 0 Å². The van der Waals surface area contributed by atoms with Crippen LogP contribution in [0.15, 0.2) is 30.0 Å². The Bertz CT molecular complexity index is 610. The van der Waals surface area contributed by atoms with E-state index >= 15 is 0 Å². The monoisotopic (exact) mass is 297 g/mol. The number of carbonyl (C=O) groups is 2. The summed E-state index contributed by atoms with van der Waals surface area (Å²) in [5.41, 5.74) is 0.0434. The number of aliphatic carboxylic acids is 1. The summed E-state index contributed by atoms with van der Waals surface area (Å²) < 4.78 is 12.9. The van der Waals surface area contributed by atoms with E-state index in [1.165, 1.54) is 12.1 Å². The number of hydrogen-bond acceptors (Lipinski definition) is 4. The Kier molecular flexibility index (Phi) is 5.50. The van der Waals surface area contributed by atoms with E-state index in [1.807, 2.05) is 5.32 Å². The van der Waals surface area contributed by atoms with Gasteiger partial charge in [0, 0.05) is 11.9 Å². The van der Waals surface area contributed by atoms with E-state index in [1.54, 1.807) is 6.07 Å². The largest absolute Gasteiger partial charge is 0.480 e. The van der Waals surface area contributed by atoms with Gasteiger partial charge < -0.3 is 15.7 Å². The van der Waals surface area contributed by atoms with Gasteiger partial charge in [-0.25, -0.2) is 4.39 Å². The SMILES string of the molecule is N#C/C(=C/Nc1ccc(F)c(Cl)c1)C(=O)NCC(=O)O. The van der Waals surface area contributed by atoms with Gasteiger partial charge in [-0.3, -0.25) is 9.59 Å². The van der Waals surface area contributed by atoms with Gasteiger partial charge >= 0.3 is 5.97 Å². The molecule has 0 saturated carbocycles. The van der Waals surface area contributed by atoms with Crippen molar-refractivity contribution in [3.05, 3.63) is 40.8 Å².